The summed E-state index contributed by atoms with van der Waals surface area (Å²) in [6, 6.07) is 8.57. The molecule has 0 unspecified atom stereocenters. The van der Waals surface area contributed by atoms with Crippen LogP contribution in [0, 0.1) is 12.3 Å². The maximum absolute atomic E-state index is 13.0. The SMILES string of the molecule is CC.Cc1cc2c(NC3CCC(N4CC5(CCOCC5)C4)CC3)cccc2n1CC(F)(F)F. The molecular weight excluding hydrogens is 427 g/mol. The lowest BCUT2D eigenvalue weighted by molar-refractivity contribution is -0.140. The molecule has 5 rings (SSSR count). The van der Waals surface area contributed by atoms with Crippen LogP contribution in [0.4, 0.5) is 18.9 Å². The van der Waals surface area contributed by atoms with Crippen molar-refractivity contribution in [2.24, 2.45) is 5.41 Å². The highest BCUT2D eigenvalue weighted by atomic mass is 19.4. The number of nitrogens with zero attached hydrogens (tertiary/aromatic N) is 2. The summed E-state index contributed by atoms with van der Waals surface area (Å²) in [5.74, 6) is 0. The van der Waals surface area contributed by atoms with Crippen LogP contribution in [0.2, 0.25) is 0 Å². The summed E-state index contributed by atoms with van der Waals surface area (Å²) in [5.41, 5.74) is 2.76. The number of benzene rings is 1. The van der Waals surface area contributed by atoms with Crippen molar-refractivity contribution in [2.45, 2.75) is 84.1 Å². The third-order valence-corrected chi connectivity index (χ3v) is 7.69. The van der Waals surface area contributed by atoms with Gasteiger partial charge in [-0.15, -0.1) is 0 Å². The highest BCUT2D eigenvalue weighted by molar-refractivity contribution is 5.93. The Hall–Kier alpha value is -1.73. The van der Waals surface area contributed by atoms with Crippen LogP contribution in [0.3, 0.4) is 0 Å². The molecular formula is C26H38F3N3O. The smallest absolute Gasteiger partial charge is 0.382 e. The number of halogens is 3. The normalized spacial score (nSPS) is 25.4. The van der Waals surface area contributed by atoms with E-state index in [-0.39, 0.29) is 0 Å². The molecule has 7 heteroatoms. The van der Waals surface area contributed by atoms with Crippen LogP contribution in [-0.4, -0.2) is 54.0 Å². The fourth-order valence-corrected chi connectivity index (χ4v) is 5.93. The van der Waals surface area contributed by atoms with Gasteiger partial charge in [0.15, 0.2) is 0 Å². The number of alkyl halides is 3. The van der Waals surface area contributed by atoms with Crippen LogP contribution in [-0.2, 0) is 11.3 Å². The van der Waals surface area contributed by atoms with Gasteiger partial charge in [-0.1, -0.05) is 19.9 Å². The number of anilines is 1. The minimum Gasteiger partial charge on any atom is -0.382 e. The summed E-state index contributed by atoms with van der Waals surface area (Å²) >= 11 is 0. The number of ether oxygens (including phenoxy) is 1. The number of nitrogens with one attached hydrogen (secondary N) is 1. The molecule has 0 amide bonds. The van der Waals surface area contributed by atoms with Gasteiger partial charge < -0.3 is 14.6 Å². The molecule has 2 aliphatic heterocycles. The third kappa shape index (κ3) is 5.35. The summed E-state index contributed by atoms with van der Waals surface area (Å²) < 4.78 is 45.9. The van der Waals surface area contributed by atoms with Gasteiger partial charge >= 0.3 is 6.18 Å². The molecule has 3 aliphatic rings. The Balaban J connectivity index is 0.00000126. The zero-order valence-corrected chi connectivity index (χ0v) is 20.2. The number of fused-ring (bicyclic) bond motifs is 1. The summed E-state index contributed by atoms with van der Waals surface area (Å²) in [7, 11) is 0. The van der Waals surface area contributed by atoms with Gasteiger partial charge in [-0.3, -0.25) is 4.90 Å². The lowest BCUT2D eigenvalue weighted by atomic mass is 9.71. The Morgan fingerprint density at radius 3 is 2.36 bits per heavy atom. The topological polar surface area (TPSA) is 29.4 Å². The Morgan fingerprint density at radius 2 is 1.73 bits per heavy atom. The Labute approximate surface area is 195 Å². The minimum absolute atomic E-state index is 0.381. The van der Waals surface area contributed by atoms with Crippen molar-refractivity contribution < 1.29 is 17.9 Å². The van der Waals surface area contributed by atoms with Crippen molar-refractivity contribution >= 4 is 16.6 Å². The van der Waals surface area contributed by atoms with Gasteiger partial charge in [0.05, 0.1) is 5.52 Å². The van der Waals surface area contributed by atoms with Crippen molar-refractivity contribution in [2.75, 3.05) is 31.6 Å². The highest BCUT2D eigenvalue weighted by Crippen LogP contribution is 2.43. The third-order valence-electron chi connectivity index (χ3n) is 7.69. The number of hydrogen-bond acceptors (Lipinski definition) is 3. The number of hydrogen-bond donors (Lipinski definition) is 1. The molecule has 2 saturated heterocycles. The molecule has 4 nitrogen and oxygen atoms in total. The van der Waals surface area contributed by atoms with E-state index in [4.69, 9.17) is 4.74 Å². The lowest BCUT2D eigenvalue weighted by Crippen LogP contribution is -2.62. The summed E-state index contributed by atoms with van der Waals surface area (Å²) in [6.45, 7) is 9.09. The molecule has 1 N–H and O–H groups in total. The van der Waals surface area contributed by atoms with Crippen molar-refractivity contribution in [1.29, 1.82) is 0 Å². The van der Waals surface area contributed by atoms with Gasteiger partial charge in [-0.2, -0.15) is 13.2 Å². The largest absolute Gasteiger partial charge is 0.406 e. The van der Waals surface area contributed by atoms with Gasteiger partial charge in [0.1, 0.15) is 6.54 Å². The zero-order chi connectivity index (χ0) is 23.6. The van der Waals surface area contributed by atoms with E-state index in [0.717, 1.165) is 37.1 Å². The molecule has 184 valence electrons. The monoisotopic (exact) mass is 465 g/mol. The second-order valence-electron chi connectivity index (χ2n) is 9.89. The average Bonchev–Trinajstić information content (AvgIpc) is 3.09. The number of aryl methyl sites for hydroxylation is 1. The van der Waals surface area contributed by atoms with Gasteiger partial charge in [-0.25, -0.2) is 0 Å². The van der Waals surface area contributed by atoms with Crippen molar-refractivity contribution in [3.8, 4) is 0 Å². The number of likely N-dealkylation sites (tertiary alicyclic amines) is 1. The van der Waals surface area contributed by atoms with Crippen LogP contribution in [0.25, 0.3) is 10.9 Å². The average molecular weight is 466 g/mol. The predicted molar refractivity (Wildman–Crippen MR) is 128 cm³/mol. The van der Waals surface area contributed by atoms with E-state index in [1.807, 2.05) is 32.0 Å². The molecule has 0 radical (unpaired) electrons. The molecule has 3 heterocycles. The van der Waals surface area contributed by atoms with Gasteiger partial charge in [0.2, 0.25) is 0 Å². The maximum Gasteiger partial charge on any atom is 0.406 e. The van der Waals surface area contributed by atoms with E-state index in [1.165, 1.54) is 43.3 Å². The first-order valence-corrected chi connectivity index (χ1v) is 12.6. The van der Waals surface area contributed by atoms with Crippen LogP contribution < -0.4 is 5.32 Å². The fourth-order valence-electron chi connectivity index (χ4n) is 5.93. The first-order chi connectivity index (χ1) is 15.8. The van der Waals surface area contributed by atoms with Crippen LogP contribution in [0.5, 0.6) is 0 Å². The molecule has 33 heavy (non-hydrogen) atoms. The molecule has 2 aromatic rings. The number of rotatable bonds is 4. The quantitative estimate of drug-likeness (QED) is 0.569. The molecule has 1 aromatic carbocycles. The number of aromatic nitrogens is 1. The van der Waals surface area contributed by atoms with E-state index < -0.39 is 12.7 Å². The minimum atomic E-state index is -4.22. The Bertz CT molecular complexity index is 917. The van der Waals surface area contributed by atoms with E-state index in [2.05, 4.69) is 10.2 Å². The van der Waals surface area contributed by atoms with Gasteiger partial charge in [0.25, 0.3) is 0 Å². The zero-order valence-electron chi connectivity index (χ0n) is 20.2. The van der Waals surface area contributed by atoms with Crippen molar-refractivity contribution in [3.63, 3.8) is 0 Å². The van der Waals surface area contributed by atoms with E-state index in [1.54, 1.807) is 13.0 Å². The summed E-state index contributed by atoms with van der Waals surface area (Å²) in [6.07, 6.45) is 2.78. The standard InChI is InChI=1S/C24H32F3N3O.C2H6/c1-17-13-20-21(3-2-4-22(20)30(17)16-24(25,26)27)28-18-5-7-19(8-6-18)29-14-23(15-29)9-11-31-12-10-23;1-2/h2-4,13,18-19,28H,5-12,14-16H2,1H3;1-2H3. The Kier molecular flexibility index (Phi) is 7.29. The van der Waals surface area contributed by atoms with E-state index in [0.29, 0.717) is 28.7 Å². The highest BCUT2D eigenvalue weighted by Gasteiger charge is 2.46. The molecule has 3 fully saturated rings. The molecule has 0 atom stereocenters. The maximum atomic E-state index is 13.0. The molecule has 1 aromatic heterocycles. The fraction of sp³-hybridized carbons (Fsp3) is 0.692. The summed E-state index contributed by atoms with van der Waals surface area (Å²) in [4.78, 5) is 2.67. The van der Waals surface area contributed by atoms with Crippen LogP contribution >= 0.6 is 0 Å². The predicted octanol–water partition coefficient (Wildman–Crippen LogP) is 6.37. The summed E-state index contributed by atoms with van der Waals surface area (Å²) in [5, 5.41) is 4.53. The molecule has 0 bridgehead atoms. The van der Waals surface area contributed by atoms with Crippen LogP contribution in [0.1, 0.15) is 58.1 Å². The van der Waals surface area contributed by atoms with Crippen LogP contribution in [0.15, 0.2) is 24.3 Å². The van der Waals surface area contributed by atoms with E-state index in [9.17, 15) is 13.2 Å². The second-order valence-corrected chi connectivity index (χ2v) is 9.89. The molecule has 1 saturated carbocycles. The Morgan fingerprint density at radius 1 is 1.06 bits per heavy atom. The van der Waals surface area contributed by atoms with E-state index >= 15 is 0 Å². The first kappa shape index (κ1) is 24.4. The van der Waals surface area contributed by atoms with Gasteiger partial charge in [-0.05, 0) is 63.6 Å². The van der Waals surface area contributed by atoms with Gasteiger partial charge in [0, 0.05) is 60.6 Å². The first-order valence-electron chi connectivity index (χ1n) is 12.6. The molecule has 1 spiro atoms. The lowest BCUT2D eigenvalue weighted by Gasteiger charge is -2.56. The van der Waals surface area contributed by atoms with Crippen molar-refractivity contribution in [1.82, 2.24) is 9.47 Å². The van der Waals surface area contributed by atoms with Crippen molar-refractivity contribution in [3.05, 3.63) is 30.0 Å². The second kappa shape index (κ2) is 9.87. The molecule has 1 aliphatic carbocycles.